The van der Waals surface area contributed by atoms with Gasteiger partial charge >= 0.3 is 0 Å². The lowest BCUT2D eigenvalue weighted by Gasteiger charge is -2.29. The first-order valence-corrected chi connectivity index (χ1v) is 8.69. The van der Waals surface area contributed by atoms with Crippen molar-refractivity contribution in [1.82, 2.24) is 5.32 Å². The van der Waals surface area contributed by atoms with Gasteiger partial charge in [0, 0.05) is 11.4 Å². The van der Waals surface area contributed by atoms with E-state index in [1.54, 1.807) is 0 Å². The molecule has 1 heterocycles. The number of halogens is 1. The van der Waals surface area contributed by atoms with E-state index in [1.165, 1.54) is 49.7 Å². The molecular weight excluding hydrogens is 282 g/mol. The van der Waals surface area contributed by atoms with E-state index < -0.39 is 0 Å². The van der Waals surface area contributed by atoms with Crippen molar-refractivity contribution in [2.75, 3.05) is 20.2 Å². The van der Waals surface area contributed by atoms with Crippen molar-refractivity contribution < 1.29 is 4.74 Å². The minimum absolute atomic E-state index is 0.539. The molecule has 1 N–H and O–H groups in total. The molecule has 0 spiro atoms. The van der Waals surface area contributed by atoms with Gasteiger partial charge in [0.25, 0.3) is 0 Å². The second kappa shape index (κ2) is 6.58. The molecular formula is C18H26ClNO. The van der Waals surface area contributed by atoms with Crippen LogP contribution in [0.5, 0.6) is 5.75 Å². The Morgan fingerprint density at radius 2 is 2.05 bits per heavy atom. The number of rotatable bonds is 6. The first-order chi connectivity index (χ1) is 10.2. The predicted octanol–water partition coefficient (Wildman–Crippen LogP) is 4.38. The van der Waals surface area contributed by atoms with Gasteiger partial charge in [0.1, 0.15) is 5.75 Å². The topological polar surface area (TPSA) is 21.3 Å². The minimum atomic E-state index is 0.539. The molecule has 3 heteroatoms. The summed E-state index contributed by atoms with van der Waals surface area (Å²) >= 11 is 6.28. The van der Waals surface area contributed by atoms with Gasteiger partial charge in [0.15, 0.2) is 0 Å². The Hall–Kier alpha value is -0.730. The van der Waals surface area contributed by atoms with Gasteiger partial charge in [0.2, 0.25) is 0 Å². The van der Waals surface area contributed by atoms with Gasteiger partial charge in [-0.15, -0.1) is 0 Å². The zero-order valence-corrected chi connectivity index (χ0v) is 13.8. The first-order valence-electron chi connectivity index (χ1n) is 8.31. The summed E-state index contributed by atoms with van der Waals surface area (Å²) in [5.74, 6) is 1.13. The molecule has 2 aliphatic rings. The number of ether oxygens (including phenoxy) is 1. The molecule has 1 aliphatic heterocycles. The van der Waals surface area contributed by atoms with E-state index in [1.807, 2.05) is 0 Å². The molecule has 1 aromatic rings. The summed E-state index contributed by atoms with van der Waals surface area (Å²) in [6.45, 7) is 1.94. The molecule has 1 saturated carbocycles. The molecule has 0 amide bonds. The van der Waals surface area contributed by atoms with Crippen LogP contribution in [0.3, 0.4) is 0 Å². The standard InChI is InChI=1S/C18H26ClNO/c1-20-10-9-18(6-2-3-7-18)8-4-14-12-16(19)13-15-5-11-21-17(14)15/h12-13,20H,2-11H2,1H3. The highest BCUT2D eigenvalue weighted by atomic mass is 35.5. The maximum atomic E-state index is 6.28. The number of nitrogens with one attached hydrogen (secondary N) is 1. The molecule has 0 aromatic heterocycles. The van der Waals surface area contributed by atoms with E-state index in [0.717, 1.165) is 36.8 Å². The van der Waals surface area contributed by atoms with Gasteiger partial charge in [-0.3, -0.25) is 0 Å². The molecule has 21 heavy (non-hydrogen) atoms. The molecule has 0 bridgehead atoms. The Morgan fingerprint density at radius 3 is 2.81 bits per heavy atom. The van der Waals surface area contributed by atoms with E-state index in [2.05, 4.69) is 24.5 Å². The highest BCUT2D eigenvalue weighted by molar-refractivity contribution is 6.30. The maximum Gasteiger partial charge on any atom is 0.125 e. The zero-order chi connectivity index (χ0) is 14.7. The minimum Gasteiger partial charge on any atom is -0.493 e. The van der Waals surface area contributed by atoms with Crippen molar-refractivity contribution >= 4 is 11.6 Å². The lowest BCUT2D eigenvalue weighted by atomic mass is 9.77. The van der Waals surface area contributed by atoms with Crippen molar-refractivity contribution in [1.29, 1.82) is 0 Å². The van der Waals surface area contributed by atoms with Crippen LogP contribution in [0.1, 0.15) is 49.7 Å². The van der Waals surface area contributed by atoms with Crippen molar-refractivity contribution in [3.63, 3.8) is 0 Å². The van der Waals surface area contributed by atoms with E-state index in [4.69, 9.17) is 16.3 Å². The summed E-state index contributed by atoms with van der Waals surface area (Å²) in [6.07, 6.45) is 10.2. The molecule has 0 unspecified atom stereocenters. The van der Waals surface area contributed by atoms with Crippen LogP contribution in [0.15, 0.2) is 12.1 Å². The molecule has 3 rings (SSSR count). The van der Waals surface area contributed by atoms with Gasteiger partial charge in [-0.25, -0.2) is 0 Å². The number of benzene rings is 1. The van der Waals surface area contributed by atoms with E-state index >= 15 is 0 Å². The van der Waals surface area contributed by atoms with Crippen LogP contribution in [-0.4, -0.2) is 20.2 Å². The number of hydrogen-bond acceptors (Lipinski definition) is 2. The van der Waals surface area contributed by atoms with Gasteiger partial charge in [-0.05, 0) is 74.4 Å². The van der Waals surface area contributed by atoms with Crippen LogP contribution < -0.4 is 10.1 Å². The third kappa shape index (κ3) is 3.37. The molecule has 1 fully saturated rings. The summed E-state index contributed by atoms with van der Waals surface area (Å²) in [6, 6.07) is 4.19. The molecule has 2 nitrogen and oxygen atoms in total. The Morgan fingerprint density at radius 1 is 1.24 bits per heavy atom. The lowest BCUT2D eigenvalue weighted by Crippen LogP contribution is -2.23. The number of aryl methyl sites for hydroxylation is 1. The van der Waals surface area contributed by atoms with Crippen molar-refractivity contribution in [2.24, 2.45) is 5.41 Å². The fourth-order valence-electron chi connectivity index (χ4n) is 4.07. The normalized spacial score (nSPS) is 19.5. The second-order valence-corrected chi connectivity index (χ2v) is 7.15. The zero-order valence-electron chi connectivity index (χ0n) is 13.0. The first kappa shape index (κ1) is 15.2. The quantitative estimate of drug-likeness (QED) is 0.842. The van der Waals surface area contributed by atoms with Crippen LogP contribution in [-0.2, 0) is 12.8 Å². The fourth-order valence-corrected chi connectivity index (χ4v) is 4.34. The molecule has 116 valence electrons. The van der Waals surface area contributed by atoms with Crippen molar-refractivity contribution in [2.45, 2.75) is 51.4 Å². The van der Waals surface area contributed by atoms with Gasteiger partial charge in [0.05, 0.1) is 6.61 Å². The van der Waals surface area contributed by atoms with E-state index in [-0.39, 0.29) is 0 Å². The van der Waals surface area contributed by atoms with Gasteiger partial charge in [-0.1, -0.05) is 24.4 Å². The fraction of sp³-hybridized carbons (Fsp3) is 0.667. The van der Waals surface area contributed by atoms with Gasteiger partial charge in [-0.2, -0.15) is 0 Å². The largest absolute Gasteiger partial charge is 0.493 e. The summed E-state index contributed by atoms with van der Waals surface area (Å²) in [5, 5.41) is 4.19. The highest BCUT2D eigenvalue weighted by Gasteiger charge is 2.33. The van der Waals surface area contributed by atoms with Crippen LogP contribution in [0.2, 0.25) is 5.02 Å². The van der Waals surface area contributed by atoms with Crippen molar-refractivity contribution in [3.05, 3.63) is 28.3 Å². The lowest BCUT2D eigenvalue weighted by molar-refractivity contribution is 0.246. The molecule has 0 atom stereocenters. The van der Waals surface area contributed by atoms with Crippen LogP contribution in [0.25, 0.3) is 0 Å². The predicted molar refractivity (Wildman–Crippen MR) is 88.4 cm³/mol. The Bertz CT molecular complexity index is 494. The third-order valence-corrected chi connectivity index (χ3v) is 5.54. The highest BCUT2D eigenvalue weighted by Crippen LogP contribution is 2.45. The number of hydrogen-bond donors (Lipinski definition) is 1. The summed E-state index contributed by atoms with van der Waals surface area (Å²) in [7, 11) is 2.06. The third-order valence-electron chi connectivity index (χ3n) is 5.32. The Balaban J connectivity index is 1.72. The van der Waals surface area contributed by atoms with E-state index in [9.17, 15) is 0 Å². The van der Waals surface area contributed by atoms with Crippen LogP contribution in [0.4, 0.5) is 0 Å². The van der Waals surface area contributed by atoms with Crippen molar-refractivity contribution in [3.8, 4) is 5.75 Å². The molecule has 1 aliphatic carbocycles. The molecule has 0 saturated heterocycles. The summed E-state index contributed by atoms with van der Waals surface area (Å²) < 4.78 is 5.84. The summed E-state index contributed by atoms with van der Waals surface area (Å²) in [5.41, 5.74) is 3.16. The molecule has 0 radical (unpaired) electrons. The van der Waals surface area contributed by atoms with Crippen LogP contribution in [0, 0.1) is 5.41 Å². The average Bonchev–Trinajstić information content (AvgIpc) is 3.12. The maximum absolute atomic E-state index is 6.28. The van der Waals surface area contributed by atoms with Crippen LogP contribution >= 0.6 is 11.6 Å². The van der Waals surface area contributed by atoms with Gasteiger partial charge < -0.3 is 10.1 Å². The van der Waals surface area contributed by atoms with E-state index in [0.29, 0.717) is 5.41 Å². The SMILES string of the molecule is CNCCC1(CCc2cc(Cl)cc3c2OCC3)CCCC1. The average molecular weight is 308 g/mol. The Labute approximate surface area is 133 Å². The smallest absolute Gasteiger partial charge is 0.125 e. The Kier molecular flexibility index (Phi) is 4.75. The number of fused-ring (bicyclic) bond motifs is 1. The molecule has 1 aromatic carbocycles. The second-order valence-electron chi connectivity index (χ2n) is 6.71. The summed E-state index contributed by atoms with van der Waals surface area (Å²) in [4.78, 5) is 0. The monoisotopic (exact) mass is 307 g/mol.